The Hall–Kier alpha value is -0.500. The van der Waals surface area contributed by atoms with E-state index in [9.17, 15) is 9.18 Å². The lowest BCUT2D eigenvalue weighted by Gasteiger charge is -2.24. The quantitative estimate of drug-likeness (QED) is 0.313. The van der Waals surface area contributed by atoms with Crippen LogP contribution in [0.15, 0.2) is 48.5 Å². The number of hydrogen-bond acceptors (Lipinski definition) is 2. The first-order chi connectivity index (χ1) is 10.3. The first-order valence-corrected chi connectivity index (χ1v) is 8.80. The van der Waals surface area contributed by atoms with Crippen molar-refractivity contribution in [2.45, 2.75) is 10.8 Å². The normalized spacial score (nSPS) is 11.3. The van der Waals surface area contributed by atoms with Gasteiger partial charge in [0.05, 0.1) is 11.3 Å². The van der Waals surface area contributed by atoms with Gasteiger partial charge < -0.3 is 0 Å². The molecule has 0 unspecified atom stereocenters. The van der Waals surface area contributed by atoms with Gasteiger partial charge in [0.15, 0.2) is 0 Å². The molecule has 22 heavy (non-hydrogen) atoms. The van der Waals surface area contributed by atoms with Gasteiger partial charge in [0, 0.05) is 15.5 Å². The summed E-state index contributed by atoms with van der Waals surface area (Å²) < 4.78 is 13.0. The SMILES string of the molecule is Cc1cccc(N(SC(F)(Cl)Cl)C(=O)c2ccccc2I)c1. The van der Waals surface area contributed by atoms with Crippen LogP contribution in [-0.4, -0.2) is 9.83 Å². The first-order valence-electron chi connectivity index (χ1n) is 6.19. The molecular weight excluding hydrogens is 459 g/mol. The maximum atomic E-state index is 13.7. The molecule has 0 saturated carbocycles. The Labute approximate surface area is 156 Å². The third kappa shape index (κ3) is 4.75. The highest BCUT2D eigenvalue weighted by Gasteiger charge is 2.32. The Morgan fingerprint density at radius 2 is 1.91 bits per heavy atom. The predicted molar refractivity (Wildman–Crippen MR) is 100 cm³/mol. The summed E-state index contributed by atoms with van der Waals surface area (Å²) >= 11 is 13.4. The van der Waals surface area contributed by atoms with E-state index < -0.39 is 3.92 Å². The Kier molecular flexibility index (Phi) is 5.99. The Balaban J connectivity index is 2.45. The van der Waals surface area contributed by atoms with E-state index in [-0.39, 0.29) is 5.91 Å². The van der Waals surface area contributed by atoms with Crippen molar-refractivity contribution < 1.29 is 9.18 Å². The van der Waals surface area contributed by atoms with Gasteiger partial charge in [-0.2, -0.15) is 4.39 Å². The monoisotopic (exact) mass is 469 g/mol. The first kappa shape index (κ1) is 17.8. The van der Waals surface area contributed by atoms with Crippen molar-refractivity contribution in [2.75, 3.05) is 4.31 Å². The predicted octanol–water partition coefficient (Wildman–Crippen LogP) is 5.95. The minimum atomic E-state index is -2.61. The number of alkyl halides is 3. The second kappa shape index (κ2) is 7.38. The van der Waals surface area contributed by atoms with E-state index in [2.05, 4.69) is 22.6 Å². The molecule has 2 rings (SSSR count). The summed E-state index contributed by atoms with van der Waals surface area (Å²) in [7, 11) is 0. The van der Waals surface area contributed by atoms with E-state index in [1.54, 1.807) is 36.4 Å². The summed E-state index contributed by atoms with van der Waals surface area (Å²) in [6.45, 7) is 1.88. The van der Waals surface area contributed by atoms with E-state index in [4.69, 9.17) is 23.2 Å². The van der Waals surface area contributed by atoms with Crippen LogP contribution >= 0.6 is 57.7 Å². The Bertz CT molecular complexity index is 693. The van der Waals surface area contributed by atoms with Gasteiger partial charge in [-0.15, -0.1) is 0 Å². The zero-order chi connectivity index (χ0) is 16.3. The van der Waals surface area contributed by atoms with Crippen molar-refractivity contribution in [1.29, 1.82) is 0 Å². The van der Waals surface area contributed by atoms with Gasteiger partial charge in [0.25, 0.3) is 5.91 Å². The van der Waals surface area contributed by atoms with Gasteiger partial charge in [-0.3, -0.25) is 4.79 Å². The van der Waals surface area contributed by atoms with Gasteiger partial charge in [0.2, 0.25) is 0 Å². The molecular formula is C15H11Cl2FINOS. The molecule has 0 aliphatic rings. The second-order valence-corrected chi connectivity index (χ2v) is 8.41. The van der Waals surface area contributed by atoms with Crippen LogP contribution in [0.2, 0.25) is 0 Å². The third-order valence-electron chi connectivity index (χ3n) is 2.72. The van der Waals surface area contributed by atoms with Crippen molar-refractivity contribution in [3.05, 3.63) is 63.2 Å². The van der Waals surface area contributed by atoms with Gasteiger partial charge >= 0.3 is 3.92 Å². The topological polar surface area (TPSA) is 20.3 Å². The van der Waals surface area contributed by atoms with Crippen LogP contribution in [-0.2, 0) is 0 Å². The number of benzene rings is 2. The number of carbonyl (C=O) groups is 1. The van der Waals surface area contributed by atoms with Crippen molar-refractivity contribution in [2.24, 2.45) is 0 Å². The van der Waals surface area contributed by atoms with Crippen LogP contribution in [0, 0.1) is 10.5 Å². The number of aryl methyl sites for hydroxylation is 1. The lowest BCUT2D eigenvalue weighted by molar-refractivity contribution is 0.101. The molecule has 0 bridgehead atoms. The molecule has 1 amide bonds. The zero-order valence-electron chi connectivity index (χ0n) is 11.4. The third-order valence-corrected chi connectivity index (χ3v) is 4.84. The number of hydrogen-bond donors (Lipinski definition) is 0. The maximum absolute atomic E-state index is 13.7. The molecule has 0 aliphatic carbocycles. The molecule has 0 fully saturated rings. The highest BCUT2D eigenvalue weighted by molar-refractivity contribution is 14.1. The summed E-state index contributed by atoms with van der Waals surface area (Å²) in [5, 5.41) is 0. The van der Waals surface area contributed by atoms with Gasteiger partial charge in [0.1, 0.15) is 0 Å². The molecule has 0 heterocycles. The summed E-state index contributed by atoms with van der Waals surface area (Å²) in [5.41, 5.74) is 1.90. The van der Waals surface area contributed by atoms with Crippen molar-refractivity contribution in [1.82, 2.24) is 0 Å². The number of anilines is 1. The van der Waals surface area contributed by atoms with Crippen molar-refractivity contribution >= 4 is 69.3 Å². The van der Waals surface area contributed by atoms with Crippen LogP contribution in [0.3, 0.4) is 0 Å². The zero-order valence-corrected chi connectivity index (χ0v) is 15.9. The minimum Gasteiger partial charge on any atom is -0.268 e. The van der Waals surface area contributed by atoms with Crippen molar-refractivity contribution in [3.63, 3.8) is 0 Å². The number of amides is 1. The molecule has 0 atom stereocenters. The lowest BCUT2D eigenvalue weighted by atomic mass is 10.2. The van der Waals surface area contributed by atoms with E-state index in [0.29, 0.717) is 23.2 Å². The Morgan fingerprint density at radius 3 is 2.50 bits per heavy atom. The smallest absolute Gasteiger partial charge is 0.268 e. The molecule has 0 N–H and O–H groups in total. The van der Waals surface area contributed by atoms with E-state index >= 15 is 0 Å². The number of halogens is 4. The number of rotatable bonds is 4. The average molecular weight is 470 g/mol. The highest BCUT2D eigenvalue weighted by atomic mass is 127. The van der Waals surface area contributed by atoms with E-state index in [1.807, 2.05) is 19.1 Å². The molecule has 0 aliphatic heterocycles. The molecule has 0 radical (unpaired) electrons. The molecule has 0 aromatic heterocycles. The minimum absolute atomic E-state index is 0.385. The molecule has 116 valence electrons. The van der Waals surface area contributed by atoms with Crippen molar-refractivity contribution in [3.8, 4) is 0 Å². The fourth-order valence-corrected chi connectivity index (χ4v) is 3.45. The molecule has 2 nitrogen and oxygen atoms in total. The van der Waals surface area contributed by atoms with Crippen LogP contribution in [0.25, 0.3) is 0 Å². The maximum Gasteiger partial charge on any atom is 0.324 e. The summed E-state index contributed by atoms with van der Waals surface area (Å²) in [6.07, 6.45) is 0. The van der Waals surface area contributed by atoms with E-state index in [1.165, 1.54) is 4.31 Å². The largest absolute Gasteiger partial charge is 0.324 e. The van der Waals surface area contributed by atoms with Crippen LogP contribution in [0.1, 0.15) is 15.9 Å². The van der Waals surface area contributed by atoms with Crippen LogP contribution in [0.4, 0.5) is 10.1 Å². The Morgan fingerprint density at radius 1 is 1.23 bits per heavy atom. The molecule has 7 heteroatoms. The standard InChI is InChI=1S/C15H11Cl2FINOS/c1-10-5-4-6-11(9-10)20(22-15(16,17)18)14(21)12-7-2-3-8-13(12)19/h2-9H,1H3. The van der Waals surface area contributed by atoms with Gasteiger partial charge in [-0.1, -0.05) is 47.5 Å². The fraction of sp³-hybridized carbons (Fsp3) is 0.133. The van der Waals surface area contributed by atoms with Gasteiger partial charge in [-0.25, -0.2) is 4.31 Å². The number of nitrogens with zero attached hydrogens (tertiary/aromatic N) is 1. The number of carbonyl (C=O) groups excluding carboxylic acids is 1. The molecule has 0 saturated heterocycles. The molecule has 2 aromatic rings. The van der Waals surface area contributed by atoms with E-state index in [0.717, 1.165) is 9.13 Å². The highest BCUT2D eigenvalue weighted by Crippen LogP contribution is 2.41. The molecule has 0 spiro atoms. The average Bonchev–Trinajstić information content (AvgIpc) is 2.44. The van der Waals surface area contributed by atoms with Crippen LogP contribution < -0.4 is 4.31 Å². The summed E-state index contributed by atoms with van der Waals surface area (Å²) in [5.74, 6) is -0.385. The summed E-state index contributed by atoms with van der Waals surface area (Å²) in [4.78, 5) is 12.8. The molecule has 2 aromatic carbocycles. The second-order valence-electron chi connectivity index (χ2n) is 4.46. The summed E-state index contributed by atoms with van der Waals surface area (Å²) in [6, 6.07) is 14.2. The lowest BCUT2D eigenvalue weighted by Crippen LogP contribution is -2.28. The van der Waals surface area contributed by atoms with Gasteiger partial charge in [-0.05, 0) is 59.3 Å². The fourth-order valence-electron chi connectivity index (χ4n) is 1.81. The van der Waals surface area contributed by atoms with Crippen LogP contribution in [0.5, 0.6) is 0 Å².